The summed E-state index contributed by atoms with van der Waals surface area (Å²) in [6, 6.07) is 25.7. The first-order valence-electron chi connectivity index (χ1n) is 22.2. The third-order valence-corrected chi connectivity index (χ3v) is 12.8. The van der Waals surface area contributed by atoms with Crippen LogP contribution in [-0.4, -0.2) is 71.3 Å². The molecule has 0 saturated heterocycles. The molecular formula is C52H64N2O8. The zero-order valence-corrected chi connectivity index (χ0v) is 37.3. The van der Waals surface area contributed by atoms with Gasteiger partial charge in [0.15, 0.2) is 0 Å². The standard InChI is InChI=1S/C52H64N2O8/c1-8-28-59-52-47(54(50(57)58-7)33-38-19-15-18-36-16-9-10-20-41(36)38)32-45(53-62-51(4,5)6)43-30-37(17-11-13-26-55)42(21-12-14-27-56)48(49(43)52)44-31-40(24-25-46(44)61-52)60-39-23-22-34(2)35(3)29-39/h8-10,15-16,18-20,22-25,29-31,37,42,47-49,55-56H,1,11-14,17,21,26-28,32-33H2,2-7H3/t37-,42+,47-,48+,49+,52+/m0/s1. The summed E-state index contributed by atoms with van der Waals surface area (Å²) in [5.41, 5.74) is 5.35. The van der Waals surface area contributed by atoms with Crippen LogP contribution < -0.4 is 9.47 Å². The van der Waals surface area contributed by atoms with Crippen molar-refractivity contribution in [2.45, 2.75) is 109 Å². The Balaban J connectivity index is 1.48. The van der Waals surface area contributed by atoms with E-state index in [9.17, 15) is 15.0 Å². The van der Waals surface area contributed by atoms with Gasteiger partial charge in [0.1, 0.15) is 28.9 Å². The summed E-state index contributed by atoms with van der Waals surface area (Å²) in [6.45, 7) is 14.7. The lowest BCUT2D eigenvalue weighted by Crippen LogP contribution is -2.70. The van der Waals surface area contributed by atoms with Gasteiger partial charge in [-0.3, -0.25) is 4.90 Å². The first kappa shape index (κ1) is 44.9. The van der Waals surface area contributed by atoms with Crippen LogP contribution in [0.1, 0.15) is 93.9 Å². The average Bonchev–Trinajstić information content (AvgIpc) is 3.26. The highest BCUT2D eigenvalue weighted by Gasteiger charge is 2.65. The highest BCUT2D eigenvalue weighted by atomic mass is 16.7. The quantitative estimate of drug-likeness (QED) is 0.0613. The van der Waals surface area contributed by atoms with E-state index in [0.29, 0.717) is 24.3 Å². The number of aliphatic hydroxyl groups excluding tert-OH is 2. The normalized spacial score (nSPS) is 23.5. The fraction of sp³-hybridized carbons (Fsp3) is 0.462. The zero-order chi connectivity index (χ0) is 44.0. The van der Waals surface area contributed by atoms with E-state index < -0.39 is 29.4 Å². The molecule has 1 amide bonds. The molecule has 3 aliphatic rings. The number of aryl methyl sites for hydroxylation is 2. The molecule has 1 saturated carbocycles. The monoisotopic (exact) mass is 844 g/mol. The molecule has 0 aromatic heterocycles. The first-order chi connectivity index (χ1) is 29.9. The van der Waals surface area contributed by atoms with Crippen LogP contribution >= 0.6 is 0 Å². The highest BCUT2D eigenvalue weighted by Crippen LogP contribution is 2.62. The number of oxime groups is 1. The van der Waals surface area contributed by atoms with Crippen molar-refractivity contribution >= 4 is 22.6 Å². The highest BCUT2D eigenvalue weighted by molar-refractivity contribution is 6.03. The molecule has 7 rings (SSSR count). The SMILES string of the molecule is C=CCO[C@@]12Oc3ccc(Oc4ccc(C)c(C)c4)cc3[C@H]3[C@H](CCCCO)[C@@H](CCCCO)C=C(C(=NOC(C)(C)C)C[C@@H]1N(Cc1cccc4ccccc14)C(=O)OC)[C@H]32. The third-order valence-electron chi connectivity index (χ3n) is 12.8. The number of unbranched alkanes of at least 4 members (excludes halogenated alkanes) is 2. The van der Waals surface area contributed by atoms with E-state index in [0.717, 1.165) is 70.2 Å². The molecule has 1 aliphatic heterocycles. The molecule has 2 N–H and O–H groups in total. The number of methoxy groups -OCH3 is 1. The molecule has 4 aromatic rings. The van der Waals surface area contributed by atoms with Gasteiger partial charge in [0, 0.05) is 31.1 Å². The number of hydrogen-bond donors (Lipinski definition) is 2. The Kier molecular flexibility index (Phi) is 14.1. The number of aliphatic hydroxyl groups is 2. The third kappa shape index (κ3) is 9.43. The molecule has 0 radical (unpaired) electrons. The number of amides is 1. The number of rotatable bonds is 17. The summed E-state index contributed by atoms with van der Waals surface area (Å²) in [5, 5.41) is 27.0. The predicted molar refractivity (Wildman–Crippen MR) is 244 cm³/mol. The Morgan fingerprint density at radius 1 is 0.935 bits per heavy atom. The van der Waals surface area contributed by atoms with Crippen molar-refractivity contribution in [1.29, 1.82) is 0 Å². The minimum atomic E-state index is -1.43. The lowest BCUT2D eigenvalue weighted by molar-refractivity contribution is -0.256. The van der Waals surface area contributed by atoms with Crippen molar-refractivity contribution in [3.05, 3.63) is 125 Å². The second-order valence-electron chi connectivity index (χ2n) is 18.1. The Morgan fingerprint density at radius 3 is 2.39 bits per heavy atom. The number of hydrogen-bond acceptors (Lipinski definition) is 9. The average molecular weight is 845 g/mol. The number of benzene rings is 4. The summed E-state index contributed by atoms with van der Waals surface area (Å²) in [7, 11) is 1.41. The summed E-state index contributed by atoms with van der Waals surface area (Å²) in [6.07, 6.45) is 8.49. The summed E-state index contributed by atoms with van der Waals surface area (Å²) >= 11 is 0. The molecule has 0 unspecified atom stereocenters. The van der Waals surface area contributed by atoms with Crippen molar-refractivity contribution in [2.24, 2.45) is 22.9 Å². The van der Waals surface area contributed by atoms with Gasteiger partial charge in [-0.15, -0.1) is 6.58 Å². The van der Waals surface area contributed by atoms with Crippen molar-refractivity contribution in [2.75, 3.05) is 26.9 Å². The second kappa shape index (κ2) is 19.5. The van der Waals surface area contributed by atoms with Crippen LogP contribution in [0.25, 0.3) is 10.8 Å². The van der Waals surface area contributed by atoms with Crippen molar-refractivity contribution in [3.63, 3.8) is 0 Å². The molecule has 1 fully saturated rings. The van der Waals surface area contributed by atoms with Crippen LogP contribution in [0.4, 0.5) is 4.79 Å². The second-order valence-corrected chi connectivity index (χ2v) is 18.1. The Labute approximate surface area is 367 Å². The minimum absolute atomic E-state index is 0.0633. The van der Waals surface area contributed by atoms with Crippen LogP contribution in [0.5, 0.6) is 17.2 Å². The van der Waals surface area contributed by atoms with E-state index in [1.807, 2.05) is 63.2 Å². The van der Waals surface area contributed by atoms with Gasteiger partial charge in [-0.2, -0.15) is 0 Å². The van der Waals surface area contributed by atoms with Crippen LogP contribution in [-0.2, 0) is 20.9 Å². The van der Waals surface area contributed by atoms with Crippen LogP contribution in [0, 0.1) is 31.6 Å². The van der Waals surface area contributed by atoms with Gasteiger partial charge >= 0.3 is 6.09 Å². The molecule has 10 nitrogen and oxygen atoms in total. The Hall–Kier alpha value is -5.16. The number of carbonyl (C=O) groups excluding carboxylic acids is 1. The van der Waals surface area contributed by atoms with Gasteiger partial charge < -0.3 is 34.0 Å². The largest absolute Gasteiger partial charge is 0.459 e. The van der Waals surface area contributed by atoms with E-state index in [1.165, 1.54) is 12.7 Å². The van der Waals surface area contributed by atoms with Gasteiger partial charge in [0.05, 0.1) is 31.9 Å². The molecule has 0 bridgehead atoms. The summed E-state index contributed by atoms with van der Waals surface area (Å²) in [4.78, 5) is 22.5. The Bertz CT molecular complexity index is 2270. The number of ether oxygens (including phenoxy) is 4. The minimum Gasteiger partial charge on any atom is -0.459 e. The van der Waals surface area contributed by atoms with Gasteiger partial charge in [-0.05, 0) is 136 Å². The molecule has 6 atom stereocenters. The topological polar surface area (TPSA) is 119 Å². The summed E-state index contributed by atoms with van der Waals surface area (Å²) in [5.74, 6) is 0.121. The van der Waals surface area contributed by atoms with E-state index in [4.69, 9.17) is 28.9 Å². The molecule has 0 spiro atoms. The van der Waals surface area contributed by atoms with Gasteiger partial charge in [0.25, 0.3) is 0 Å². The molecule has 62 heavy (non-hydrogen) atoms. The molecular weight excluding hydrogens is 781 g/mol. The lowest BCUT2D eigenvalue weighted by Gasteiger charge is -2.60. The number of nitrogens with zero attached hydrogens (tertiary/aromatic N) is 2. The number of fused-ring (bicyclic) bond motifs is 3. The lowest BCUT2D eigenvalue weighted by atomic mass is 9.55. The zero-order valence-electron chi connectivity index (χ0n) is 37.3. The van der Waals surface area contributed by atoms with Gasteiger partial charge in [-0.25, -0.2) is 4.79 Å². The van der Waals surface area contributed by atoms with E-state index in [1.54, 1.807) is 11.0 Å². The van der Waals surface area contributed by atoms with E-state index in [2.05, 4.69) is 62.9 Å². The Morgan fingerprint density at radius 2 is 1.66 bits per heavy atom. The van der Waals surface area contributed by atoms with Crippen molar-refractivity contribution in [3.8, 4) is 17.2 Å². The van der Waals surface area contributed by atoms with Gasteiger partial charge in [0.2, 0.25) is 5.79 Å². The maximum absolute atomic E-state index is 14.5. The smallest absolute Gasteiger partial charge is 0.410 e. The fourth-order valence-corrected chi connectivity index (χ4v) is 9.85. The van der Waals surface area contributed by atoms with Crippen LogP contribution in [0.15, 0.2) is 108 Å². The fourth-order valence-electron chi connectivity index (χ4n) is 9.85. The van der Waals surface area contributed by atoms with E-state index >= 15 is 0 Å². The summed E-state index contributed by atoms with van der Waals surface area (Å²) < 4.78 is 26.8. The first-order valence-corrected chi connectivity index (χ1v) is 22.2. The number of carbonyl (C=O) groups is 1. The molecule has 1 heterocycles. The van der Waals surface area contributed by atoms with E-state index in [-0.39, 0.29) is 50.5 Å². The molecule has 2 aliphatic carbocycles. The maximum atomic E-state index is 14.5. The number of allylic oxidation sites excluding steroid dienone is 1. The molecule has 10 heteroatoms. The molecule has 4 aromatic carbocycles. The van der Waals surface area contributed by atoms with Gasteiger partial charge in [-0.1, -0.05) is 78.7 Å². The van der Waals surface area contributed by atoms with Crippen molar-refractivity contribution < 1.29 is 38.8 Å². The van der Waals surface area contributed by atoms with Crippen molar-refractivity contribution in [1.82, 2.24) is 4.90 Å². The van der Waals surface area contributed by atoms with Crippen LogP contribution in [0.3, 0.4) is 0 Å². The van der Waals surface area contributed by atoms with Crippen LogP contribution in [0.2, 0.25) is 0 Å². The predicted octanol–water partition coefficient (Wildman–Crippen LogP) is 10.9. The molecule has 330 valence electrons. The maximum Gasteiger partial charge on any atom is 0.410 e.